The lowest BCUT2D eigenvalue weighted by Crippen LogP contribution is -2.46. The fourth-order valence-corrected chi connectivity index (χ4v) is 2.30. The summed E-state index contributed by atoms with van der Waals surface area (Å²) in [6.07, 6.45) is 1.87. The topological polar surface area (TPSA) is 84.4 Å². The van der Waals surface area contributed by atoms with E-state index in [0.29, 0.717) is 6.04 Å². The summed E-state index contributed by atoms with van der Waals surface area (Å²) in [6.45, 7) is 6.10. The van der Waals surface area contributed by atoms with Gasteiger partial charge in [-0.2, -0.15) is 0 Å². The van der Waals surface area contributed by atoms with E-state index in [4.69, 9.17) is 10.3 Å². The minimum Gasteiger partial charge on any atom is -0.361 e. The van der Waals surface area contributed by atoms with Crippen molar-refractivity contribution in [3.8, 4) is 0 Å². The van der Waals surface area contributed by atoms with E-state index in [2.05, 4.69) is 10.5 Å². The number of hydrogen-bond donors (Lipinski definition) is 2. The molecule has 0 aromatic carbocycles. The Bertz CT molecular complexity index is 402. The first kappa shape index (κ1) is 12.9. The summed E-state index contributed by atoms with van der Waals surface area (Å²) >= 11 is 0. The zero-order chi connectivity index (χ0) is 13.1. The Labute approximate surface area is 106 Å². The summed E-state index contributed by atoms with van der Waals surface area (Å²) in [5.41, 5.74) is 7.32. The van der Waals surface area contributed by atoms with E-state index in [1.165, 1.54) is 0 Å². The van der Waals surface area contributed by atoms with Gasteiger partial charge in [0.1, 0.15) is 5.76 Å². The van der Waals surface area contributed by atoms with E-state index < -0.39 is 0 Å². The molecule has 3 N–H and O–H groups in total. The van der Waals surface area contributed by atoms with Crippen LogP contribution in [0.1, 0.15) is 29.9 Å². The van der Waals surface area contributed by atoms with Gasteiger partial charge in [-0.25, -0.2) is 4.79 Å². The fourth-order valence-electron chi connectivity index (χ4n) is 2.30. The number of likely N-dealkylation sites (tertiary alicyclic amines) is 1. The van der Waals surface area contributed by atoms with Gasteiger partial charge in [0.05, 0.1) is 5.69 Å². The third-order valence-corrected chi connectivity index (χ3v) is 3.56. The molecule has 1 aliphatic heterocycles. The summed E-state index contributed by atoms with van der Waals surface area (Å²) in [6, 6.07) is 0.105. The Kier molecular flexibility index (Phi) is 3.86. The van der Waals surface area contributed by atoms with Gasteiger partial charge in [0.2, 0.25) is 0 Å². The lowest BCUT2D eigenvalue weighted by atomic mass is 10.0. The molecule has 1 aliphatic rings. The van der Waals surface area contributed by atoms with Crippen molar-refractivity contribution in [1.29, 1.82) is 0 Å². The summed E-state index contributed by atoms with van der Waals surface area (Å²) in [7, 11) is 0. The third kappa shape index (κ3) is 2.81. The largest absolute Gasteiger partial charge is 0.361 e. The molecule has 1 aromatic heterocycles. The van der Waals surface area contributed by atoms with Gasteiger partial charge in [-0.05, 0) is 26.7 Å². The van der Waals surface area contributed by atoms with Crippen molar-refractivity contribution in [3.05, 3.63) is 17.0 Å². The van der Waals surface area contributed by atoms with Crippen LogP contribution in [0.25, 0.3) is 0 Å². The molecule has 0 saturated carbocycles. The van der Waals surface area contributed by atoms with Crippen LogP contribution in [0.5, 0.6) is 0 Å². The number of nitrogens with two attached hydrogens (primary N) is 1. The third-order valence-electron chi connectivity index (χ3n) is 3.56. The smallest absolute Gasteiger partial charge is 0.314 e. The fraction of sp³-hybridized carbons (Fsp3) is 0.667. The number of rotatable bonds is 3. The van der Waals surface area contributed by atoms with Crippen LogP contribution in [0.4, 0.5) is 4.79 Å². The number of aromatic nitrogens is 1. The van der Waals surface area contributed by atoms with Crippen LogP contribution in [0.2, 0.25) is 0 Å². The maximum Gasteiger partial charge on any atom is 0.314 e. The van der Waals surface area contributed by atoms with Crippen molar-refractivity contribution >= 4 is 6.03 Å². The van der Waals surface area contributed by atoms with E-state index in [9.17, 15) is 4.79 Å². The number of piperidine rings is 1. The van der Waals surface area contributed by atoms with Crippen LogP contribution in [-0.2, 0) is 6.54 Å². The molecule has 6 nitrogen and oxygen atoms in total. The summed E-state index contributed by atoms with van der Waals surface area (Å²) in [5, 5.41) is 7.42. The average Bonchev–Trinajstić information content (AvgIpc) is 2.67. The number of urea groups is 1. The van der Waals surface area contributed by atoms with Crippen molar-refractivity contribution in [2.75, 3.05) is 13.1 Å². The first-order valence-corrected chi connectivity index (χ1v) is 6.27. The molecule has 2 rings (SSSR count). The zero-order valence-corrected chi connectivity index (χ0v) is 10.9. The number of carbonyl (C=O) groups excluding carboxylic acids is 1. The lowest BCUT2D eigenvalue weighted by molar-refractivity contribution is 0.185. The molecule has 1 aromatic rings. The van der Waals surface area contributed by atoms with E-state index >= 15 is 0 Å². The molecule has 0 radical (unpaired) electrons. The zero-order valence-electron chi connectivity index (χ0n) is 10.9. The molecule has 0 aliphatic carbocycles. The van der Waals surface area contributed by atoms with E-state index in [1.807, 2.05) is 13.8 Å². The first-order valence-electron chi connectivity index (χ1n) is 6.27. The Morgan fingerprint density at radius 2 is 2.17 bits per heavy atom. The molecule has 0 unspecified atom stereocenters. The second-order valence-corrected chi connectivity index (χ2v) is 4.78. The van der Waals surface area contributed by atoms with E-state index in [0.717, 1.165) is 49.5 Å². The summed E-state index contributed by atoms with van der Waals surface area (Å²) in [4.78, 5) is 12.7. The van der Waals surface area contributed by atoms with Crippen molar-refractivity contribution < 1.29 is 9.32 Å². The van der Waals surface area contributed by atoms with Crippen LogP contribution < -0.4 is 11.1 Å². The van der Waals surface area contributed by atoms with Gasteiger partial charge in [0.25, 0.3) is 0 Å². The van der Waals surface area contributed by atoms with Gasteiger partial charge in [-0.3, -0.25) is 0 Å². The highest BCUT2D eigenvalue weighted by atomic mass is 16.5. The summed E-state index contributed by atoms with van der Waals surface area (Å²) < 4.78 is 5.12. The van der Waals surface area contributed by atoms with Crippen LogP contribution in [0.3, 0.4) is 0 Å². The number of hydrogen-bond acceptors (Lipinski definition) is 4. The van der Waals surface area contributed by atoms with Crippen molar-refractivity contribution in [1.82, 2.24) is 15.4 Å². The monoisotopic (exact) mass is 252 g/mol. The number of carbonyl (C=O) groups is 1. The first-order chi connectivity index (χ1) is 8.58. The molecule has 1 fully saturated rings. The minimum atomic E-state index is -0.320. The van der Waals surface area contributed by atoms with Gasteiger partial charge in [-0.1, -0.05) is 5.16 Å². The van der Waals surface area contributed by atoms with Crippen LogP contribution in [0, 0.1) is 13.8 Å². The number of nitrogens with zero attached hydrogens (tertiary/aromatic N) is 2. The number of aryl methyl sites for hydroxylation is 2. The molecule has 2 amide bonds. The highest BCUT2D eigenvalue weighted by Gasteiger charge is 2.21. The van der Waals surface area contributed by atoms with Crippen LogP contribution in [-0.4, -0.2) is 35.2 Å². The highest BCUT2D eigenvalue weighted by molar-refractivity contribution is 5.72. The maximum absolute atomic E-state index is 11.0. The Morgan fingerprint density at radius 1 is 1.50 bits per heavy atom. The van der Waals surface area contributed by atoms with Crippen molar-refractivity contribution in [2.45, 2.75) is 39.3 Å². The molecule has 0 bridgehead atoms. The van der Waals surface area contributed by atoms with Crippen LogP contribution in [0.15, 0.2) is 4.52 Å². The average molecular weight is 252 g/mol. The van der Waals surface area contributed by atoms with E-state index in [-0.39, 0.29) is 6.03 Å². The quantitative estimate of drug-likeness (QED) is 0.838. The lowest BCUT2D eigenvalue weighted by Gasteiger charge is -2.31. The van der Waals surface area contributed by atoms with Gasteiger partial charge in [-0.15, -0.1) is 0 Å². The second kappa shape index (κ2) is 5.39. The molecule has 0 atom stereocenters. The predicted molar refractivity (Wildman–Crippen MR) is 67.0 cm³/mol. The molecular weight excluding hydrogens is 232 g/mol. The Hall–Kier alpha value is -1.56. The Balaban J connectivity index is 1.81. The maximum atomic E-state index is 11.0. The van der Waals surface area contributed by atoms with Crippen molar-refractivity contribution in [2.24, 2.45) is 5.73 Å². The molecule has 1 saturated heterocycles. The molecule has 0 spiro atoms. The molecule has 6 heteroatoms. The van der Waals surface area contributed by atoms with Crippen molar-refractivity contribution in [3.63, 3.8) is 0 Å². The van der Waals surface area contributed by atoms with Gasteiger partial charge < -0.3 is 20.5 Å². The second-order valence-electron chi connectivity index (χ2n) is 4.78. The van der Waals surface area contributed by atoms with Gasteiger partial charge >= 0.3 is 6.03 Å². The molecule has 2 heterocycles. The minimum absolute atomic E-state index is 0.320. The van der Waals surface area contributed by atoms with Gasteiger partial charge in [0.15, 0.2) is 0 Å². The predicted octanol–water partition coefficient (Wildman–Crippen LogP) is 0.924. The van der Waals surface area contributed by atoms with Gasteiger partial charge in [0, 0.05) is 31.2 Å². The number of nitrogens with one attached hydrogen (secondary N) is 1. The summed E-state index contributed by atoms with van der Waals surface area (Å²) in [5.74, 6) is 0.870. The standard InChI is InChI=1S/C12H20N4O2/c1-8-11(9(2)18-15-8)7-14-10-3-5-16(6-4-10)12(13)17/h10,14H,3-7H2,1-2H3,(H2,13,17). The highest BCUT2D eigenvalue weighted by Crippen LogP contribution is 2.14. The Morgan fingerprint density at radius 3 is 2.67 bits per heavy atom. The molecule has 100 valence electrons. The van der Waals surface area contributed by atoms with E-state index in [1.54, 1.807) is 4.90 Å². The number of primary amides is 1. The normalized spacial score (nSPS) is 17.1. The SMILES string of the molecule is Cc1noc(C)c1CNC1CCN(C(N)=O)CC1. The number of amides is 2. The molecular formula is C12H20N4O2. The molecule has 18 heavy (non-hydrogen) atoms. The van der Waals surface area contributed by atoms with Crippen LogP contribution >= 0.6 is 0 Å².